The smallest absolute Gasteiger partial charge is 0.315 e. The van der Waals surface area contributed by atoms with Gasteiger partial charge in [-0.25, -0.2) is 48.7 Å². The van der Waals surface area contributed by atoms with Crippen LogP contribution in [0.2, 0.25) is 0 Å². The number of likely N-dealkylation sites (tertiary alicyclic amines) is 1. The first-order chi connectivity index (χ1) is 68.5. The quantitative estimate of drug-likeness (QED) is 0.0297. The maximum absolute atomic E-state index is 14.5. The number of ether oxygens (including phenoxy) is 1. The summed E-state index contributed by atoms with van der Waals surface area (Å²) in [5.41, 5.74) is 14.7. The molecule has 5 aliphatic rings. The maximum atomic E-state index is 14.5. The lowest BCUT2D eigenvalue weighted by Crippen LogP contribution is -2.43. The zero-order chi connectivity index (χ0) is 99.7. The number of carbonyl (C=O) groups is 7. The number of fused-ring (bicyclic) bond motifs is 5. The van der Waals surface area contributed by atoms with Crippen molar-refractivity contribution in [2.45, 2.75) is 69.5 Å². The molecule has 10 aromatic carbocycles. The SMILES string of the molecule is CC(=O)N1CCC(C(=O)Nc2cc3c(/C=C/c4ccc(F)cc4)n[nH]c3cc2F)CC1.NC1(C(=O)Nc2cc3c(/C=C/c4ccc(F)cc4)n[nH]c3cc2F)CC1.O=C(CN1CCOCC1)Nc1cc2c(/C=C/c3ccc(F)cc3)n[nH]c2cc1F.O=C(Nc1cc2c(/C=C/c3ccc(F)cc3)n[nH]c2cc1F)C1CCCCN1.O=C1NCC(C(=O)Nc2cc3c(/C=C/c4ccc(F)cc4)n[nH]c3cc2F)N1. The van der Waals surface area contributed by atoms with Gasteiger partial charge in [-0.1, -0.05) is 97.5 Å². The number of aromatic nitrogens is 10. The molecule has 0 bridgehead atoms. The molecule has 1 saturated carbocycles. The van der Waals surface area contributed by atoms with Crippen LogP contribution >= 0.6 is 0 Å². The molecule has 2 unspecified atom stereocenters. The van der Waals surface area contributed by atoms with Crippen molar-refractivity contribution in [1.82, 2.24) is 76.7 Å². The van der Waals surface area contributed by atoms with Crippen LogP contribution in [0, 0.1) is 64.1 Å². The molecule has 15 N–H and O–H groups in total. The average Bonchev–Trinajstić information content (AvgIpc) is 1.64. The minimum absolute atomic E-state index is 0.00321. The number of halogens is 10. The van der Waals surface area contributed by atoms with E-state index in [4.69, 9.17) is 10.5 Å². The van der Waals surface area contributed by atoms with Gasteiger partial charge in [0.05, 0.1) is 116 Å². The Hall–Kier alpha value is -16.5. The number of urea groups is 1. The van der Waals surface area contributed by atoms with Crippen molar-refractivity contribution in [2.24, 2.45) is 11.7 Å². The summed E-state index contributed by atoms with van der Waals surface area (Å²) < 4.78 is 142. The van der Waals surface area contributed by atoms with Gasteiger partial charge in [-0.3, -0.25) is 59.2 Å². The Morgan fingerprint density at radius 1 is 0.401 bits per heavy atom. The number of anilines is 5. The van der Waals surface area contributed by atoms with Gasteiger partial charge < -0.3 is 57.9 Å². The van der Waals surface area contributed by atoms with Crippen molar-refractivity contribution in [3.05, 3.63) is 296 Å². The van der Waals surface area contributed by atoms with E-state index in [1.54, 1.807) is 145 Å². The molecule has 2 atom stereocenters. The molecule has 8 amide bonds. The minimum Gasteiger partial charge on any atom is -0.379 e. The Kier molecular flexibility index (Phi) is 31.2. The van der Waals surface area contributed by atoms with E-state index < -0.39 is 52.6 Å². The summed E-state index contributed by atoms with van der Waals surface area (Å²) in [5, 5.41) is 59.1. The number of hydrogen-bond acceptors (Lipinski definition) is 16. The number of carbonyl (C=O) groups excluding carboxylic acids is 7. The van der Waals surface area contributed by atoms with Crippen molar-refractivity contribution in [1.29, 1.82) is 0 Å². The van der Waals surface area contributed by atoms with E-state index in [9.17, 15) is 77.5 Å². The third-order valence-corrected chi connectivity index (χ3v) is 24.0. The number of hydrogen-bond donors (Lipinski definition) is 14. The molecule has 9 heterocycles. The molecule has 5 fully saturated rings. The van der Waals surface area contributed by atoms with E-state index >= 15 is 0 Å². The summed E-state index contributed by atoms with van der Waals surface area (Å²) in [4.78, 5) is 87.9. The van der Waals surface area contributed by atoms with Gasteiger partial charge in [0.15, 0.2) is 0 Å². The number of amides is 8. The number of aromatic amines is 5. The van der Waals surface area contributed by atoms with Crippen LogP contribution in [0.4, 0.5) is 77.1 Å². The predicted octanol–water partition coefficient (Wildman–Crippen LogP) is 17.7. The van der Waals surface area contributed by atoms with Crippen LogP contribution < -0.4 is 48.3 Å². The Bertz CT molecular complexity index is 7320. The van der Waals surface area contributed by atoms with E-state index in [-0.39, 0.29) is 112 Å². The molecule has 5 aromatic heterocycles. The highest BCUT2D eigenvalue weighted by atomic mass is 19.2. The standard InChI is InChI=1S/C23H22F2N4O2.C21H20F2N4O2.C21H20F2N4O.C19H15F2N5O2.C19H16F2N4O/c1-14(30)29-10-8-16(9-11-29)23(31)26-22-12-18-20(27-28-21(18)13-19(22)25)7-4-15-2-5-17(24)6-3-15;22-15-4-1-14(2-5-15)3-6-18-16-11-20(17(23)12-19(16)26-25-18)24-21(28)13-27-7-9-29-10-8-27;22-14-7-4-13(5-8-14)6-9-17-15-11-20(16(23)12-19(15)27-26-17)25-21(28)18-3-1-2-10-24-18;20-11-4-1-10(2-5-11)3-6-14-12-7-16(13(21)8-15(12)26-25-14)23-18(27)17-9-22-19(28)24-17;20-12-4-1-11(2-5-12)3-6-15-13-9-17(14(21)10-16(13)25-24-15)23-18(26)19(22)7-8-19/h2-7,12-13,16H,8-11H2,1H3,(H,26,31)(H,27,28);1-6,11-12H,7-10,13H2,(H,24,28)(H,25,26);4-9,11-12,18,24H,1-3,10H2,(H,25,28)(H,26,27);1-8,17H,9H2,(H,23,27)(H,25,26)(H2,22,24,28);1-6,9-10H,7-8,22H2,(H,23,26)(H,24,25)/b7-4+;6-3+;9-6+;2*6-3+. The Balaban J connectivity index is 0.000000128. The van der Waals surface area contributed by atoms with Crippen LogP contribution in [0.3, 0.4) is 0 Å². The van der Waals surface area contributed by atoms with Crippen LogP contribution in [0.25, 0.3) is 115 Å². The van der Waals surface area contributed by atoms with Crippen molar-refractivity contribution >= 4 is 185 Å². The molecule has 142 heavy (non-hydrogen) atoms. The fourth-order valence-corrected chi connectivity index (χ4v) is 15.7. The number of nitrogens with one attached hydrogen (secondary N) is 13. The Morgan fingerprint density at radius 3 is 1.02 bits per heavy atom. The summed E-state index contributed by atoms with van der Waals surface area (Å²) in [6.45, 7) is 6.19. The van der Waals surface area contributed by atoms with Crippen molar-refractivity contribution in [3.63, 3.8) is 0 Å². The number of nitrogens with two attached hydrogens (primary N) is 1. The van der Waals surface area contributed by atoms with Gasteiger partial charge >= 0.3 is 6.03 Å². The van der Waals surface area contributed by atoms with E-state index in [2.05, 4.69) is 93.5 Å². The van der Waals surface area contributed by atoms with Gasteiger partial charge in [0, 0.05) is 103 Å². The number of morpholine rings is 1. The molecule has 0 spiro atoms. The zero-order valence-corrected chi connectivity index (χ0v) is 75.9. The fourth-order valence-electron chi connectivity index (χ4n) is 15.7. The second-order valence-corrected chi connectivity index (χ2v) is 34.1. The molecule has 39 heteroatoms. The van der Waals surface area contributed by atoms with Gasteiger partial charge in [-0.2, -0.15) is 25.5 Å². The second-order valence-electron chi connectivity index (χ2n) is 34.1. The van der Waals surface area contributed by atoms with Crippen LogP contribution in [0.1, 0.15) is 108 Å². The minimum atomic E-state index is -0.886. The first-order valence-electron chi connectivity index (χ1n) is 45.3. The summed E-state index contributed by atoms with van der Waals surface area (Å²) in [6.07, 6.45) is 22.6. The first-order valence-corrected chi connectivity index (χ1v) is 45.3. The summed E-state index contributed by atoms with van der Waals surface area (Å²) >= 11 is 0. The highest BCUT2D eigenvalue weighted by molar-refractivity contribution is 6.05. The molecular weight excluding hydrogens is 1850 g/mol. The zero-order valence-electron chi connectivity index (χ0n) is 75.9. The maximum Gasteiger partial charge on any atom is 0.315 e. The molecule has 29 nitrogen and oxygen atoms in total. The van der Waals surface area contributed by atoms with Gasteiger partial charge in [0.1, 0.15) is 64.2 Å². The van der Waals surface area contributed by atoms with Gasteiger partial charge in [0.2, 0.25) is 35.4 Å². The van der Waals surface area contributed by atoms with Crippen molar-refractivity contribution in [2.75, 3.05) is 85.6 Å². The molecule has 4 aliphatic heterocycles. The van der Waals surface area contributed by atoms with E-state index in [1.165, 1.54) is 110 Å². The molecule has 4 saturated heterocycles. The molecule has 15 aromatic rings. The van der Waals surface area contributed by atoms with Crippen LogP contribution in [-0.4, -0.2) is 179 Å². The van der Waals surface area contributed by atoms with E-state index in [0.717, 1.165) is 53.6 Å². The highest BCUT2D eigenvalue weighted by Crippen LogP contribution is 2.37. The third kappa shape index (κ3) is 25.5. The van der Waals surface area contributed by atoms with Gasteiger partial charge in [0.25, 0.3) is 0 Å². The normalized spacial score (nSPS) is 15.9. The molecule has 728 valence electrons. The largest absolute Gasteiger partial charge is 0.379 e. The van der Waals surface area contributed by atoms with E-state index in [0.29, 0.717) is 148 Å². The number of nitrogens with zero attached hydrogens (tertiary/aromatic N) is 7. The van der Waals surface area contributed by atoms with Crippen LogP contribution in [-0.2, 0) is 33.5 Å². The number of benzene rings is 10. The fraction of sp³-hybridized carbons (Fsp3) is 0.204. The average molecular weight is 1940 g/mol. The van der Waals surface area contributed by atoms with Crippen molar-refractivity contribution < 1.29 is 82.2 Å². The molecule has 20 rings (SSSR count). The monoisotopic (exact) mass is 1940 g/mol. The van der Waals surface area contributed by atoms with Gasteiger partial charge in [-0.05, 0) is 194 Å². The molecular formula is C103H93F10N21O8. The van der Waals surface area contributed by atoms with Gasteiger partial charge in [-0.15, -0.1) is 0 Å². The second kappa shape index (κ2) is 45.0. The highest BCUT2D eigenvalue weighted by Gasteiger charge is 2.46. The Labute approximate surface area is 803 Å². The van der Waals surface area contributed by atoms with Crippen molar-refractivity contribution in [3.8, 4) is 0 Å². The Morgan fingerprint density at radius 2 is 0.718 bits per heavy atom. The topological polar surface area (TPSA) is 401 Å². The lowest BCUT2D eigenvalue weighted by atomic mass is 9.95. The lowest BCUT2D eigenvalue weighted by molar-refractivity contribution is -0.132. The summed E-state index contributed by atoms with van der Waals surface area (Å²) in [6, 6.07) is 42.7. The number of rotatable bonds is 21. The third-order valence-electron chi connectivity index (χ3n) is 24.0. The van der Waals surface area contributed by atoms with Crippen LogP contribution in [0.15, 0.2) is 182 Å². The molecule has 0 radical (unpaired) electrons. The van der Waals surface area contributed by atoms with E-state index in [1.807, 2.05) is 4.90 Å². The van der Waals surface area contributed by atoms with Crippen LogP contribution in [0.5, 0.6) is 0 Å². The lowest BCUT2D eigenvalue weighted by Gasteiger charge is -2.30. The predicted molar refractivity (Wildman–Crippen MR) is 524 cm³/mol. The number of H-pyrrole nitrogens is 5. The first kappa shape index (κ1) is 98.5. The number of piperidine rings is 2. The summed E-state index contributed by atoms with van der Waals surface area (Å²) in [5.74, 6) is -6.31. The molecule has 1 aliphatic carbocycles. The summed E-state index contributed by atoms with van der Waals surface area (Å²) in [7, 11) is 0.